The predicted molar refractivity (Wildman–Crippen MR) is 94.0 cm³/mol. The van der Waals surface area contributed by atoms with Crippen molar-refractivity contribution in [2.45, 2.75) is 6.92 Å². The Bertz CT molecular complexity index is 720. The van der Waals surface area contributed by atoms with E-state index in [0.29, 0.717) is 26.6 Å². The highest BCUT2D eigenvalue weighted by Gasteiger charge is 2.07. The van der Waals surface area contributed by atoms with E-state index < -0.39 is 0 Å². The molecule has 120 valence electrons. The van der Waals surface area contributed by atoms with Crippen molar-refractivity contribution in [3.8, 4) is 5.75 Å². The number of hydrogen-bond donors (Lipinski definition) is 2. The molecule has 0 saturated carbocycles. The highest BCUT2D eigenvalue weighted by Crippen LogP contribution is 2.27. The maximum absolute atomic E-state index is 11.9. The smallest absolute Gasteiger partial charge is 0.262 e. The Morgan fingerprint density at radius 2 is 1.70 bits per heavy atom. The van der Waals surface area contributed by atoms with Crippen LogP contribution < -0.4 is 15.4 Å². The summed E-state index contributed by atoms with van der Waals surface area (Å²) in [6.45, 7) is 1.30. The van der Waals surface area contributed by atoms with Crippen LogP contribution in [0, 0.1) is 0 Å². The van der Waals surface area contributed by atoms with E-state index in [-0.39, 0.29) is 18.4 Å². The Balaban J connectivity index is 1.88. The molecule has 5 nitrogen and oxygen atoms in total. The Labute approximate surface area is 147 Å². The molecule has 0 fully saturated rings. The molecule has 0 aliphatic rings. The number of anilines is 2. The second kappa shape index (κ2) is 7.99. The molecule has 2 aromatic rings. The third-order valence-electron chi connectivity index (χ3n) is 2.74. The van der Waals surface area contributed by atoms with Crippen molar-refractivity contribution in [2.24, 2.45) is 0 Å². The van der Waals surface area contributed by atoms with Gasteiger partial charge >= 0.3 is 0 Å². The lowest BCUT2D eigenvalue weighted by Gasteiger charge is -2.09. The van der Waals surface area contributed by atoms with Crippen LogP contribution in [0.3, 0.4) is 0 Å². The van der Waals surface area contributed by atoms with E-state index in [1.54, 1.807) is 42.5 Å². The number of nitrogens with one attached hydrogen (secondary N) is 2. The van der Waals surface area contributed by atoms with Gasteiger partial charge in [0, 0.05) is 23.3 Å². The zero-order chi connectivity index (χ0) is 16.8. The summed E-state index contributed by atoms with van der Waals surface area (Å²) in [5.41, 5.74) is 1.28. The Morgan fingerprint density at radius 1 is 1.09 bits per heavy atom. The van der Waals surface area contributed by atoms with Crippen molar-refractivity contribution in [2.75, 3.05) is 17.2 Å². The molecule has 2 aromatic carbocycles. The van der Waals surface area contributed by atoms with Gasteiger partial charge in [-0.25, -0.2) is 0 Å². The van der Waals surface area contributed by atoms with Crippen LogP contribution >= 0.6 is 27.5 Å². The number of halogens is 2. The van der Waals surface area contributed by atoms with Gasteiger partial charge in [0.2, 0.25) is 5.91 Å². The van der Waals surface area contributed by atoms with E-state index >= 15 is 0 Å². The molecule has 23 heavy (non-hydrogen) atoms. The Kier molecular flexibility index (Phi) is 6.01. The van der Waals surface area contributed by atoms with Crippen LogP contribution in [-0.2, 0) is 9.59 Å². The molecule has 2 amide bonds. The van der Waals surface area contributed by atoms with Gasteiger partial charge in [0.05, 0.1) is 4.47 Å². The van der Waals surface area contributed by atoms with Crippen LogP contribution in [0.25, 0.3) is 0 Å². The number of benzene rings is 2. The van der Waals surface area contributed by atoms with Crippen LogP contribution in [0.15, 0.2) is 46.9 Å². The molecular formula is C16H14BrClN2O3. The van der Waals surface area contributed by atoms with Crippen LogP contribution in [0.1, 0.15) is 6.92 Å². The van der Waals surface area contributed by atoms with E-state index in [1.165, 1.54) is 6.92 Å². The molecule has 0 saturated heterocycles. The summed E-state index contributed by atoms with van der Waals surface area (Å²) in [6.07, 6.45) is 0. The lowest BCUT2D eigenvalue weighted by molar-refractivity contribution is -0.118. The summed E-state index contributed by atoms with van der Waals surface area (Å²) >= 11 is 9.16. The van der Waals surface area contributed by atoms with E-state index in [1.807, 2.05) is 0 Å². The third-order valence-corrected chi connectivity index (χ3v) is 3.60. The van der Waals surface area contributed by atoms with Crippen molar-refractivity contribution in [3.63, 3.8) is 0 Å². The number of carbonyl (C=O) groups is 2. The van der Waals surface area contributed by atoms with Crippen molar-refractivity contribution >= 4 is 50.7 Å². The van der Waals surface area contributed by atoms with Gasteiger partial charge in [0.15, 0.2) is 6.61 Å². The van der Waals surface area contributed by atoms with Crippen LogP contribution in [-0.4, -0.2) is 18.4 Å². The summed E-state index contributed by atoms with van der Waals surface area (Å²) in [6, 6.07) is 11.8. The molecule has 0 aliphatic heterocycles. The van der Waals surface area contributed by atoms with E-state index in [0.717, 1.165) is 0 Å². The molecule has 0 atom stereocenters. The van der Waals surface area contributed by atoms with Gasteiger partial charge in [-0.15, -0.1) is 0 Å². The molecule has 0 spiro atoms. The fourth-order valence-electron chi connectivity index (χ4n) is 1.77. The van der Waals surface area contributed by atoms with Gasteiger partial charge in [0.25, 0.3) is 5.91 Å². The fourth-order valence-corrected chi connectivity index (χ4v) is 2.57. The van der Waals surface area contributed by atoms with Crippen LogP contribution in [0.4, 0.5) is 11.4 Å². The van der Waals surface area contributed by atoms with Crippen molar-refractivity contribution in [1.82, 2.24) is 0 Å². The first-order valence-corrected chi connectivity index (χ1v) is 7.86. The van der Waals surface area contributed by atoms with Gasteiger partial charge in [-0.3, -0.25) is 9.59 Å². The van der Waals surface area contributed by atoms with Crippen molar-refractivity contribution in [1.29, 1.82) is 0 Å². The summed E-state index contributed by atoms with van der Waals surface area (Å²) in [4.78, 5) is 22.8. The minimum absolute atomic E-state index is 0.131. The maximum Gasteiger partial charge on any atom is 0.262 e. The van der Waals surface area contributed by atoms with E-state index in [9.17, 15) is 9.59 Å². The summed E-state index contributed by atoms with van der Waals surface area (Å²) in [7, 11) is 0. The zero-order valence-corrected chi connectivity index (χ0v) is 14.6. The molecule has 0 unspecified atom stereocenters. The number of amides is 2. The molecule has 2 N–H and O–H groups in total. The lowest BCUT2D eigenvalue weighted by atomic mass is 10.2. The first-order chi connectivity index (χ1) is 10.9. The topological polar surface area (TPSA) is 67.4 Å². The molecule has 2 rings (SSSR count). The molecule has 0 aromatic heterocycles. The lowest BCUT2D eigenvalue weighted by Crippen LogP contribution is -2.20. The zero-order valence-electron chi connectivity index (χ0n) is 12.2. The van der Waals surface area contributed by atoms with Crippen molar-refractivity contribution in [3.05, 3.63) is 52.0 Å². The highest BCUT2D eigenvalue weighted by molar-refractivity contribution is 9.10. The molecule has 0 radical (unpaired) electrons. The number of rotatable bonds is 5. The van der Waals surface area contributed by atoms with Gasteiger partial charge in [-0.05, 0) is 58.4 Å². The maximum atomic E-state index is 11.9. The first kappa shape index (κ1) is 17.3. The molecule has 0 aliphatic carbocycles. The number of hydrogen-bond acceptors (Lipinski definition) is 3. The molecule has 0 heterocycles. The van der Waals surface area contributed by atoms with Crippen LogP contribution in [0.5, 0.6) is 5.75 Å². The second-order valence-electron chi connectivity index (χ2n) is 4.67. The normalized spacial score (nSPS) is 10.0. The van der Waals surface area contributed by atoms with E-state index in [4.69, 9.17) is 16.3 Å². The Morgan fingerprint density at radius 3 is 2.26 bits per heavy atom. The SMILES string of the molecule is CC(=O)Nc1ccc(NC(=O)COc2ccc(Cl)cc2Br)cc1. The summed E-state index contributed by atoms with van der Waals surface area (Å²) in [5, 5.41) is 5.93. The monoisotopic (exact) mass is 396 g/mol. The quantitative estimate of drug-likeness (QED) is 0.799. The van der Waals surface area contributed by atoms with Crippen LogP contribution in [0.2, 0.25) is 5.02 Å². The molecular weight excluding hydrogens is 384 g/mol. The molecule has 7 heteroatoms. The minimum atomic E-state index is -0.292. The number of carbonyl (C=O) groups excluding carboxylic acids is 2. The van der Waals surface area contributed by atoms with E-state index in [2.05, 4.69) is 26.6 Å². The Hall–Kier alpha value is -2.05. The van der Waals surface area contributed by atoms with Gasteiger partial charge in [0.1, 0.15) is 5.75 Å². The average molecular weight is 398 g/mol. The van der Waals surface area contributed by atoms with Gasteiger partial charge < -0.3 is 15.4 Å². The summed E-state index contributed by atoms with van der Waals surface area (Å²) < 4.78 is 6.11. The third kappa shape index (κ3) is 5.58. The van der Waals surface area contributed by atoms with Gasteiger partial charge in [-0.1, -0.05) is 11.6 Å². The average Bonchev–Trinajstić information content (AvgIpc) is 2.48. The first-order valence-electron chi connectivity index (χ1n) is 6.69. The number of ether oxygens (including phenoxy) is 1. The minimum Gasteiger partial charge on any atom is -0.483 e. The fraction of sp³-hybridized carbons (Fsp3) is 0.125. The second-order valence-corrected chi connectivity index (χ2v) is 5.96. The van der Waals surface area contributed by atoms with Gasteiger partial charge in [-0.2, -0.15) is 0 Å². The summed E-state index contributed by atoms with van der Waals surface area (Å²) in [5.74, 6) is 0.0911. The highest BCUT2D eigenvalue weighted by atomic mass is 79.9. The molecule has 0 bridgehead atoms. The largest absolute Gasteiger partial charge is 0.483 e. The standard InChI is InChI=1S/C16H14BrClN2O3/c1-10(21)19-12-3-5-13(6-4-12)20-16(22)9-23-15-7-2-11(18)8-14(15)17/h2-8H,9H2,1H3,(H,19,21)(H,20,22). The predicted octanol–water partition coefficient (Wildman–Crippen LogP) is 4.08. The van der Waals surface area contributed by atoms with Crippen molar-refractivity contribution < 1.29 is 14.3 Å².